The minimum Gasteiger partial charge on any atom is -0.377 e. The second-order valence-corrected chi connectivity index (χ2v) is 2.54. The SMILES string of the molecule is O=[C]CNc1ccccc1C(F)(F)F. The van der Waals surface area contributed by atoms with Gasteiger partial charge in [-0.15, -0.1) is 0 Å². The molecule has 14 heavy (non-hydrogen) atoms. The molecular formula is C9H7F3NO. The summed E-state index contributed by atoms with van der Waals surface area (Å²) in [7, 11) is 0. The number of benzene rings is 1. The van der Waals surface area contributed by atoms with Crippen LogP contribution in [0.2, 0.25) is 0 Å². The van der Waals surface area contributed by atoms with Gasteiger partial charge in [-0.2, -0.15) is 13.2 Å². The predicted molar refractivity (Wildman–Crippen MR) is 45.6 cm³/mol. The Bertz CT molecular complexity index is 322. The summed E-state index contributed by atoms with van der Waals surface area (Å²) < 4.78 is 37.0. The molecule has 2 nitrogen and oxygen atoms in total. The van der Waals surface area contributed by atoms with Crippen molar-refractivity contribution < 1.29 is 18.0 Å². The van der Waals surface area contributed by atoms with Crippen molar-refractivity contribution in [3.63, 3.8) is 0 Å². The van der Waals surface area contributed by atoms with Gasteiger partial charge in [0.05, 0.1) is 12.1 Å². The van der Waals surface area contributed by atoms with Crippen molar-refractivity contribution in [2.75, 3.05) is 11.9 Å². The zero-order valence-electron chi connectivity index (χ0n) is 7.06. The number of nitrogens with one attached hydrogen (secondary N) is 1. The van der Waals surface area contributed by atoms with E-state index in [4.69, 9.17) is 0 Å². The van der Waals surface area contributed by atoms with Crippen LogP contribution >= 0.6 is 0 Å². The fourth-order valence-corrected chi connectivity index (χ4v) is 1.02. The molecular weight excluding hydrogens is 195 g/mol. The predicted octanol–water partition coefficient (Wildman–Crippen LogP) is 2.23. The first-order chi connectivity index (χ1) is 6.55. The summed E-state index contributed by atoms with van der Waals surface area (Å²) in [4.78, 5) is 9.87. The van der Waals surface area contributed by atoms with Gasteiger partial charge in [0.15, 0.2) is 0 Å². The second-order valence-electron chi connectivity index (χ2n) is 2.54. The number of rotatable bonds is 3. The Kier molecular flexibility index (Phi) is 3.11. The number of para-hydroxylation sites is 1. The van der Waals surface area contributed by atoms with E-state index in [2.05, 4.69) is 5.32 Å². The molecule has 75 valence electrons. The first-order valence-electron chi connectivity index (χ1n) is 3.81. The quantitative estimate of drug-likeness (QED) is 0.814. The van der Waals surface area contributed by atoms with Crippen molar-refractivity contribution in [3.05, 3.63) is 29.8 Å². The van der Waals surface area contributed by atoms with Crippen LogP contribution in [0.1, 0.15) is 5.56 Å². The Balaban J connectivity index is 2.97. The van der Waals surface area contributed by atoms with Crippen LogP contribution in [-0.2, 0) is 11.0 Å². The average Bonchev–Trinajstić information content (AvgIpc) is 2.14. The molecule has 1 rings (SSSR count). The third-order valence-electron chi connectivity index (χ3n) is 1.58. The molecule has 1 aromatic carbocycles. The van der Waals surface area contributed by atoms with Crippen molar-refractivity contribution in [2.24, 2.45) is 0 Å². The largest absolute Gasteiger partial charge is 0.418 e. The number of anilines is 1. The van der Waals surface area contributed by atoms with Crippen LogP contribution in [0.5, 0.6) is 0 Å². The van der Waals surface area contributed by atoms with E-state index in [1.165, 1.54) is 24.5 Å². The Hall–Kier alpha value is -1.52. The van der Waals surface area contributed by atoms with Gasteiger partial charge in [-0.05, 0) is 12.1 Å². The Morgan fingerprint density at radius 3 is 2.50 bits per heavy atom. The van der Waals surface area contributed by atoms with Gasteiger partial charge >= 0.3 is 6.18 Å². The molecule has 5 heteroatoms. The molecule has 0 bridgehead atoms. The molecule has 0 aliphatic rings. The van der Waals surface area contributed by atoms with E-state index >= 15 is 0 Å². The molecule has 0 atom stereocenters. The Morgan fingerprint density at radius 1 is 1.29 bits per heavy atom. The van der Waals surface area contributed by atoms with Crippen LogP contribution in [0.15, 0.2) is 24.3 Å². The van der Waals surface area contributed by atoms with Gasteiger partial charge in [-0.1, -0.05) is 12.1 Å². The molecule has 0 saturated carbocycles. The van der Waals surface area contributed by atoms with Crippen LogP contribution in [0.3, 0.4) is 0 Å². The minimum absolute atomic E-state index is 0.108. The lowest BCUT2D eigenvalue weighted by Gasteiger charge is -2.12. The summed E-state index contributed by atoms with van der Waals surface area (Å²) in [5.74, 6) is 0. The van der Waals surface area contributed by atoms with E-state index in [9.17, 15) is 18.0 Å². The molecule has 0 saturated heterocycles. The number of carbonyl (C=O) groups excluding carboxylic acids is 1. The molecule has 0 unspecified atom stereocenters. The standard InChI is InChI=1S/C9H7F3NO/c10-9(11,12)7-3-1-2-4-8(7)13-5-6-14/h1-4,13H,5H2. The monoisotopic (exact) mass is 202 g/mol. The summed E-state index contributed by atoms with van der Waals surface area (Å²) in [5.41, 5.74) is -0.890. The number of hydrogen-bond acceptors (Lipinski definition) is 2. The van der Waals surface area contributed by atoms with Gasteiger partial charge in [0.25, 0.3) is 0 Å². The fraction of sp³-hybridized carbons (Fsp3) is 0.222. The molecule has 1 radical (unpaired) electrons. The summed E-state index contributed by atoms with van der Waals surface area (Å²) in [5, 5.41) is 2.33. The topological polar surface area (TPSA) is 29.1 Å². The lowest BCUT2D eigenvalue weighted by molar-refractivity contribution is -0.136. The molecule has 1 N–H and O–H groups in total. The maximum Gasteiger partial charge on any atom is 0.418 e. The molecule has 0 fully saturated rings. The van der Waals surface area contributed by atoms with Gasteiger partial charge in [-0.25, -0.2) is 0 Å². The number of alkyl halides is 3. The summed E-state index contributed by atoms with van der Waals surface area (Å²) in [6.07, 6.45) is -2.94. The highest BCUT2D eigenvalue weighted by Crippen LogP contribution is 2.34. The fourth-order valence-electron chi connectivity index (χ4n) is 1.02. The molecule has 0 aliphatic heterocycles. The van der Waals surface area contributed by atoms with Gasteiger partial charge in [0.1, 0.15) is 0 Å². The highest BCUT2D eigenvalue weighted by Gasteiger charge is 2.32. The molecule has 0 aliphatic carbocycles. The smallest absolute Gasteiger partial charge is 0.377 e. The minimum atomic E-state index is -4.41. The zero-order chi connectivity index (χ0) is 10.6. The summed E-state index contributed by atoms with van der Waals surface area (Å²) in [6.45, 7) is -0.257. The average molecular weight is 202 g/mol. The summed E-state index contributed by atoms with van der Waals surface area (Å²) in [6, 6.07) is 4.97. The van der Waals surface area contributed by atoms with Crippen molar-refractivity contribution in [3.8, 4) is 0 Å². The normalized spacial score (nSPS) is 11.1. The Labute approximate surface area is 78.7 Å². The van der Waals surface area contributed by atoms with E-state index in [1.807, 2.05) is 0 Å². The van der Waals surface area contributed by atoms with Crippen molar-refractivity contribution in [2.45, 2.75) is 6.18 Å². The van der Waals surface area contributed by atoms with Gasteiger partial charge in [0, 0.05) is 5.69 Å². The van der Waals surface area contributed by atoms with Crippen molar-refractivity contribution in [1.82, 2.24) is 0 Å². The third-order valence-corrected chi connectivity index (χ3v) is 1.58. The maximum absolute atomic E-state index is 12.3. The Morgan fingerprint density at radius 2 is 1.93 bits per heavy atom. The van der Waals surface area contributed by atoms with Crippen molar-refractivity contribution >= 4 is 12.0 Å². The van der Waals surface area contributed by atoms with E-state index in [0.29, 0.717) is 0 Å². The van der Waals surface area contributed by atoms with Crippen LogP contribution in [0, 0.1) is 0 Å². The van der Waals surface area contributed by atoms with Crippen molar-refractivity contribution in [1.29, 1.82) is 0 Å². The first-order valence-corrected chi connectivity index (χ1v) is 3.81. The van der Waals surface area contributed by atoms with Crippen LogP contribution in [-0.4, -0.2) is 12.8 Å². The molecule has 0 heterocycles. The third kappa shape index (κ3) is 2.48. The molecule has 0 spiro atoms. The maximum atomic E-state index is 12.3. The lowest BCUT2D eigenvalue weighted by Crippen LogP contribution is -2.11. The summed E-state index contributed by atoms with van der Waals surface area (Å²) >= 11 is 0. The first kappa shape index (κ1) is 10.6. The zero-order valence-corrected chi connectivity index (χ0v) is 7.06. The van der Waals surface area contributed by atoms with E-state index in [0.717, 1.165) is 6.07 Å². The molecule has 0 aromatic heterocycles. The van der Waals surface area contributed by atoms with E-state index in [-0.39, 0.29) is 12.2 Å². The van der Waals surface area contributed by atoms with Gasteiger partial charge < -0.3 is 5.32 Å². The highest BCUT2D eigenvalue weighted by atomic mass is 19.4. The van der Waals surface area contributed by atoms with Crippen LogP contribution < -0.4 is 5.32 Å². The van der Waals surface area contributed by atoms with E-state index < -0.39 is 11.7 Å². The second kappa shape index (κ2) is 4.13. The van der Waals surface area contributed by atoms with E-state index in [1.54, 1.807) is 0 Å². The van der Waals surface area contributed by atoms with Gasteiger partial charge in [0.2, 0.25) is 6.29 Å². The number of halogens is 3. The van der Waals surface area contributed by atoms with Crippen LogP contribution in [0.4, 0.5) is 18.9 Å². The molecule has 1 aromatic rings. The molecule has 0 amide bonds. The van der Waals surface area contributed by atoms with Gasteiger partial charge in [-0.3, -0.25) is 4.79 Å². The van der Waals surface area contributed by atoms with Crippen LogP contribution in [0.25, 0.3) is 0 Å². The lowest BCUT2D eigenvalue weighted by atomic mass is 10.1. The highest BCUT2D eigenvalue weighted by molar-refractivity contribution is 5.62. The number of hydrogen-bond donors (Lipinski definition) is 1.